The lowest BCUT2D eigenvalue weighted by Gasteiger charge is -2.41. The molecule has 0 amide bonds. The molecule has 3 rings (SSSR count). The van der Waals surface area contributed by atoms with Crippen molar-refractivity contribution in [3.05, 3.63) is 29.8 Å². The minimum atomic E-state index is -3.32. The summed E-state index contributed by atoms with van der Waals surface area (Å²) in [4.78, 5) is 13.7. The molecule has 7 heteroatoms. The molecule has 3 atom stereocenters. The van der Waals surface area contributed by atoms with Gasteiger partial charge in [0.05, 0.1) is 16.0 Å². The highest BCUT2D eigenvalue weighted by Gasteiger charge is 2.56. The van der Waals surface area contributed by atoms with Crippen LogP contribution in [0.15, 0.2) is 29.2 Å². The van der Waals surface area contributed by atoms with Crippen LogP contribution in [-0.2, 0) is 19.8 Å². The number of thioether (sulfide) groups is 1. The molecule has 2 fully saturated rings. The van der Waals surface area contributed by atoms with Gasteiger partial charge < -0.3 is 4.89 Å². The smallest absolute Gasteiger partial charge is 0.254 e. The lowest BCUT2D eigenvalue weighted by atomic mass is 9.97. The van der Waals surface area contributed by atoms with Crippen LogP contribution in [0.3, 0.4) is 0 Å². The SMILES string of the molecule is Cc1ccc(S[C@@H]2CCS(=O)[C@H]2[P+]2([O-])OCC(C)(C)CO2)cc1. The van der Waals surface area contributed by atoms with E-state index in [0.29, 0.717) is 19.0 Å². The summed E-state index contributed by atoms with van der Waals surface area (Å²) in [7, 11) is -4.49. The van der Waals surface area contributed by atoms with Crippen LogP contribution in [0.4, 0.5) is 0 Å². The zero-order chi connectivity index (χ0) is 16.7. The second-order valence-electron chi connectivity index (χ2n) is 6.98. The van der Waals surface area contributed by atoms with E-state index in [9.17, 15) is 9.10 Å². The van der Waals surface area contributed by atoms with Crippen molar-refractivity contribution in [1.82, 2.24) is 0 Å². The van der Waals surface area contributed by atoms with E-state index in [1.54, 1.807) is 11.8 Å². The largest absolute Gasteiger partial charge is 0.630 e. The Balaban J connectivity index is 1.76. The van der Waals surface area contributed by atoms with Crippen molar-refractivity contribution in [3.8, 4) is 0 Å². The molecule has 0 saturated carbocycles. The monoisotopic (exact) mass is 374 g/mol. The molecule has 1 aromatic carbocycles. The van der Waals surface area contributed by atoms with E-state index in [2.05, 4.69) is 24.3 Å². The summed E-state index contributed by atoms with van der Waals surface area (Å²) >= 11 is 1.64. The van der Waals surface area contributed by atoms with Gasteiger partial charge in [-0.1, -0.05) is 31.5 Å². The molecule has 2 heterocycles. The number of rotatable bonds is 3. The van der Waals surface area contributed by atoms with E-state index >= 15 is 0 Å². The van der Waals surface area contributed by atoms with Crippen LogP contribution in [0.2, 0.25) is 0 Å². The van der Waals surface area contributed by atoms with Crippen molar-refractivity contribution in [1.29, 1.82) is 0 Å². The molecule has 0 aliphatic carbocycles. The predicted octanol–water partition coefficient (Wildman–Crippen LogP) is 3.13. The summed E-state index contributed by atoms with van der Waals surface area (Å²) in [5, 5.41) is 0.00517. The molecule has 4 nitrogen and oxygen atoms in total. The summed E-state index contributed by atoms with van der Waals surface area (Å²) in [5.74, 6) is 0.564. The van der Waals surface area contributed by atoms with Gasteiger partial charge in [-0.3, -0.25) is 4.21 Å². The maximum Gasteiger partial charge on any atom is 0.254 e. The molecule has 2 saturated heterocycles. The Morgan fingerprint density at radius 2 is 1.87 bits per heavy atom. The highest BCUT2D eigenvalue weighted by molar-refractivity contribution is 8.03. The molecule has 2 aliphatic rings. The average Bonchev–Trinajstić information content (AvgIpc) is 2.87. The van der Waals surface area contributed by atoms with Crippen molar-refractivity contribution in [2.75, 3.05) is 19.0 Å². The van der Waals surface area contributed by atoms with Gasteiger partial charge in [-0.05, 0) is 25.5 Å². The Morgan fingerprint density at radius 1 is 1.26 bits per heavy atom. The Kier molecular flexibility index (Phi) is 5.23. The van der Waals surface area contributed by atoms with Gasteiger partial charge in [0.15, 0.2) is 0 Å². The highest BCUT2D eigenvalue weighted by Crippen LogP contribution is 2.66. The standard InChI is InChI=1S/C16H23O4PS2/c1-12-4-6-13(7-5-12)22-14-8-9-23(18)15(14)21(17)19-10-16(2,3)11-20-21/h4-7,14-15H,8-11H2,1-3H3/t14-,15-,23?/m1/s1. The number of aryl methyl sites for hydroxylation is 1. The van der Waals surface area contributed by atoms with E-state index in [4.69, 9.17) is 9.05 Å². The van der Waals surface area contributed by atoms with Crippen LogP contribution in [-0.4, -0.2) is 33.4 Å². The average molecular weight is 374 g/mol. The molecule has 0 radical (unpaired) electrons. The van der Waals surface area contributed by atoms with Crippen molar-refractivity contribution in [3.63, 3.8) is 0 Å². The highest BCUT2D eigenvalue weighted by atomic mass is 32.2. The molecule has 23 heavy (non-hydrogen) atoms. The van der Waals surface area contributed by atoms with Gasteiger partial charge in [0.2, 0.25) is 4.99 Å². The summed E-state index contributed by atoms with van der Waals surface area (Å²) in [6, 6.07) is 8.23. The van der Waals surface area contributed by atoms with E-state index < -0.39 is 23.7 Å². The van der Waals surface area contributed by atoms with Gasteiger partial charge in [-0.15, -0.1) is 11.8 Å². The number of benzene rings is 1. The second-order valence-corrected chi connectivity index (χ2v) is 12.5. The van der Waals surface area contributed by atoms with E-state index in [0.717, 1.165) is 11.3 Å². The van der Waals surface area contributed by atoms with Gasteiger partial charge in [0.25, 0.3) is 7.94 Å². The maximum absolute atomic E-state index is 13.1. The zero-order valence-corrected chi connectivity index (χ0v) is 16.2. The first kappa shape index (κ1) is 17.8. The molecule has 2 aliphatic heterocycles. The molecule has 1 unspecified atom stereocenters. The first-order valence-corrected chi connectivity index (χ1v) is 11.7. The van der Waals surface area contributed by atoms with Crippen molar-refractivity contribution >= 4 is 30.5 Å². The van der Waals surface area contributed by atoms with Crippen molar-refractivity contribution in [2.45, 2.75) is 42.3 Å². The third-order valence-corrected chi connectivity index (χ3v) is 10.8. The first-order valence-electron chi connectivity index (χ1n) is 7.78. The summed E-state index contributed by atoms with van der Waals surface area (Å²) < 4.78 is 23.8. The summed E-state index contributed by atoms with van der Waals surface area (Å²) in [5.41, 5.74) is 1.06. The zero-order valence-electron chi connectivity index (χ0n) is 13.7. The minimum Gasteiger partial charge on any atom is -0.630 e. The molecule has 0 aromatic heterocycles. The van der Waals surface area contributed by atoms with Crippen LogP contribution >= 0.6 is 19.7 Å². The lowest BCUT2D eigenvalue weighted by molar-refractivity contribution is -0.234. The van der Waals surface area contributed by atoms with E-state index in [1.807, 2.05) is 20.8 Å². The molecular weight excluding hydrogens is 351 g/mol. The molecule has 0 spiro atoms. The van der Waals surface area contributed by atoms with Crippen molar-refractivity contribution in [2.24, 2.45) is 5.41 Å². The Labute approximate surface area is 145 Å². The Hall–Kier alpha value is 0.0300. The van der Waals surface area contributed by atoms with Crippen LogP contribution in [0.1, 0.15) is 25.8 Å². The van der Waals surface area contributed by atoms with Gasteiger partial charge in [-0.25, -0.2) is 9.05 Å². The molecule has 128 valence electrons. The molecule has 0 N–H and O–H groups in total. The molecule has 0 bridgehead atoms. The summed E-state index contributed by atoms with van der Waals surface area (Å²) in [6.45, 7) is 6.85. The van der Waals surface area contributed by atoms with Gasteiger partial charge in [0, 0.05) is 16.1 Å². The maximum atomic E-state index is 13.1. The Morgan fingerprint density at radius 3 is 2.48 bits per heavy atom. The lowest BCUT2D eigenvalue weighted by Crippen LogP contribution is -2.42. The van der Waals surface area contributed by atoms with Gasteiger partial charge in [0.1, 0.15) is 13.2 Å². The normalized spacial score (nSPS) is 32.8. The van der Waals surface area contributed by atoms with Gasteiger partial charge in [-0.2, -0.15) is 0 Å². The fourth-order valence-electron chi connectivity index (χ4n) is 2.68. The third kappa shape index (κ3) is 4.00. The number of hydrogen-bond donors (Lipinski definition) is 0. The molecule has 1 aromatic rings. The van der Waals surface area contributed by atoms with E-state index in [1.165, 1.54) is 5.56 Å². The van der Waals surface area contributed by atoms with Crippen LogP contribution in [0.25, 0.3) is 0 Å². The topological polar surface area (TPSA) is 58.6 Å². The van der Waals surface area contributed by atoms with Crippen LogP contribution in [0, 0.1) is 12.3 Å². The molecular formula is C16H23O4PS2. The van der Waals surface area contributed by atoms with Gasteiger partial charge >= 0.3 is 0 Å². The van der Waals surface area contributed by atoms with Crippen molar-refractivity contribution < 1.29 is 18.1 Å². The van der Waals surface area contributed by atoms with Crippen LogP contribution in [0.5, 0.6) is 0 Å². The summed E-state index contributed by atoms with van der Waals surface area (Å²) in [6.07, 6.45) is 0.774. The fraction of sp³-hybridized carbons (Fsp3) is 0.625. The quantitative estimate of drug-likeness (QED) is 0.761. The minimum absolute atomic E-state index is 0.00517. The number of hydrogen-bond acceptors (Lipinski definition) is 5. The third-order valence-electron chi connectivity index (χ3n) is 4.08. The Bertz CT molecular complexity index is 580. The fourth-order valence-corrected chi connectivity index (χ4v) is 10.0. The van der Waals surface area contributed by atoms with E-state index in [-0.39, 0.29) is 10.7 Å². The first-order chi connectivity index (χ1) is 10.8. The second kappa shape index (κ2) is 6.74. The van der Waals surface area contributed by atoms with Crippen LogP contribution < -0.4 is 4.89 Å². The predicted molar refractivity (Wildman–Crippen MR) is 94.8 cm³/mol.